The lowest BCUT2D eigenvalue weighted by atomic mass is 10.2. The quantitative estimate of drug-likeness (QED) is 0.755. The van der Waals surface area contributed by atoms with E-state index in [1.807, 2.05) is 44.2 Å². The van der Waals surface area contributed by atoms with Crippen molar-refractivity contribution in [3.63, 3.8) is 0 Å². The molecule has 0 saturated carbocycles. The Labute approximate surface area is 167 Å². The molecule has 2 N–H and O–H groups in total. The molecule has 0 aromatic heterocycles. The second-order valence-electron chi connectivity index (χ2n) is 6.53. The van der Waals surface area contributed by atoms with Crippen molar-refractivity contribution in [1.29, 1.82) is 0 Å². The fourth-order valence-electron chi connectivity index (χ4n) is 2.66. The van der Waals surface area contributed by atoms with E-state index in [0.29, 0.717) is 17.3 Å². The van der Waals surface area contributed by atoms with Crippen LogP contribution in [0.15, 0.2) is 47.4 Å². The highest BCUT2D eigenvalue weighted by Gasteiger charge is 2.29. The van der Waals surface area contributed by atoms with Crippen LogP contribution in [0.3, 0.4) is 0 Å². The molecule has 27 heavy (non-hydrogen) atoms. The number of ether oxygens (including phenoxy) is 1. The number of anilines is 1. The van der Waals surface area contributed by atoms with Crippen LogP contribution in [0, 0.1) is 0 Å². The molecule has 0 aliphatic carbocycles. The number of halogens is 1. The third-order valence-corrected chi connectivity index (χ3v) is 5.43. The van der Waals surface area contributed by atoms with Gasteiger partial charge in [0.15, 0.2) is 0 Å². The first kappa shape index (κ1) is 19.6. The van der Waals surface area contributed by atoms with Gasteiger partial charge in [0.2, 0.25) is 11.8 Å². The number of nitrogens with one attached hydrogen (secondary N) is 2. The maximum absolute atomic E-state index is 12.3. The van der Waals surface area contributed by atoms with E-state index in [0.717, 1.165) is 16.2 Å². The summed E-state index contributed by atoms with van der Waals surface area (Å²) < 4.78 is 5.60. The number of carbonyl (C=O) groups is 2. The van der Waals surface area contributed by atoms with Gasteiger partial charge in [-0.15, -0.1) is 11.8 Å². The monoisotopic (exact) mass is 404 g/mol. The molecule has 2 aromatic carbocycles. The number of amides is 2. The van der Waals surface area contributed by atoms with E-state index >= 15 is 0 Å². The first-order chi connectivity index (χ1) is 12.9. The summed E-state index contributed by atoms with van der Waals surface area (Å²) in [6.45, 7) is 4.35. The molecule has 3 rings (SSSR count). The topological polar surface area (TPSA) is 67.4 Å². The number of hydrogen-bond donors (Lipinski definition) is 2. The molecule has 1 atom stereocenters. The second-order valence-corrected chi connectivity index (χ2v) is 8.21. The van der Waals surface area contributed by atoms with Gasteiger partial charge in [-0.3, -0.25) is 9.59 Å². The average molecular weight is 405 g/mol. The Kier molecular flexibility index (Phi) is 6.29. The largest absolute Gasteiger partial charge is 0.491 e. The van der Waals surface area contributed by atoms with E-state index in [-0.39, 0.29) is 24.3 Å². The second kappa shape index (κ2) is 8.67. The highest BCUT2D eigenvalue weighted by molar-refractivity contribution is 8.01. The molecule has 1 unspecified atom stereocenters. The molecule has 1 aliphatic heterocycles. The van der Waals surface area contributed by atoms with Crippen LogP contribution in [-0.2, 0) is 16.1 Å². The van der Waals surface area contributed by atoms with Gasteiger partial charge in [-0.05, 0) is 49.7 Å². The Hall–Kier alpha value is -2.18. The summed E-state index contributed by atoms with van der Waals surface area (Å²) in [6.07, 6.45) is 0.239. The van der Waals surface area contributed by atoms with Gasteiger partial charge in [0.05, 0.1) is 17.0 Å². The van der Waals surface area contributed by atoms with E-state index in [4.69, 9.17) is 16.3 Å². The Morgan fingerprint density at radius 2 is 2.00 bits per heavy atom. The predicted octanol–water partition coefficient (Wildman–Crippen LogP) is 4.25. The Bertz CT molecular complexity index is 840. The normalized spacial score (nSPS) is 15.9. The molecule has 0 spiro atoms. The van der Waals surface area contributed by atoms with E-state index in [9.17, 15) is 9.59 Å². The minimum Gasteiger partial charge on any atom is -0.491 e. The number of fused-ring (bicyclic) bond motifs is 1. The maximum Gasteiger partial charge on any atom is 0.238 e. The first-order valence-electron chi connectivity index (χ1n) is 8.70. The Morgan fingerprint density at radius 1 is 1.26 bits per heavy atom. The summed E-state index contributed by atoms with van der Waals surface area (Å²) in [6, 6.07) is 12.9. The number of hydrogen-bond acceptors (Lipinski definition) is 4. The number of carbonyl (C=O) groups excluding carboxylic acids is 2. The zero-order chi connectivity index (χ0) is 19.4. The van der Waals surface area contributed by atoms with Crippen LogP contribution in [0.5, 0.6) is 5.75 Å². The molecule has 1 heterocycles. The van der Waals surface area contributed by atoms with Gasteiger partial charge in [-0.25, -0.2) is 0 Å². The lowest BCUT2D eigenvalue weighted by molar-refractivity contribution is -0.124. The van der Waals surface area contributed by atoms with Crippen molar-refractivity contribution in [1.82, 2.24) is 5.32 Å². The average Bonchev–Trinajstić information content (AvgIpc) is 2.61. The first-order valence-corrected chi connectivity index (χ1v) is 9.96. The minimum absolute atomic E-state index is 0.118. The van der Waals surface area contributed by atoms with Gasteiger partial charge >= 0.3 is 0 Å². The summed E-state index contributed by atoms with van der Waals surface area (Å²) >= 11 is 7.33. The SMILES string of the molecule is CC(C)Oc1ccc(CNC(=O)CC2Sc3ccc(Cl)cc3NC2=O)cc1. The molecule has 142 valence electrons. The van der Waals surface area contributed by atoms with Crippen LogP contribution in [0.2, 0.25) is 5.02 Å². The van der Waals surface area contributed by atoms with Crippen LogP contribution in [0.25, 0.3) is 0 Å². The van der Waals surface area contributed by atoms with Crippen LogP contribution in [0.4, 0.5) is 5.69 Å². The molecule has 0 fully saturated rings. The highest BCUT2D eigenvalue weighted by Crippen LogP contribution is 2.38. The molecule has 2 aromatic rings. The van der Waals surface area contributed by atoms with Crippen molar-refractivity contribution in [2.45, 2.75) is 43.1 Å². The molecule has 1 aliphatic rings. The third-order valence-electron chi connectivity index (χ3n) is 3.92. The maximum atomic E-state index is 12.3. The van der Waals surface area contributed by atoms with Crippen molar-refractivity contribution in [3.8, 4) is 5.75 Å². The zero-order valence-electron chi connectivity index (χ0n) is 15.1. The minimum atomic E-state index is -0.458. The van der Waals surface area contributed by atoms with Crippen LogP contribution in [0.1, 0.15) is 25.8 Å². The summed E-state index contributed by atoms with van der Waals surface area (Å²) in [4.78, 5) is 25.4. The van der Waals surface area contributed by atoms with E-state index in [1.54, 1.807) is 12.1 Å². The number of rotatable bonds is 6. The Balaban J connectivity index is 1.52. The molecule has 0 radical (unpaired) electrons. The van der Waals surface area contributed by atoms with Crippen molar-refractivity contribution in [2.75, 3.05) is 5.32 Å². The van der Waals surface area contributed by atoms with Crippen LogP contribution in [-0.4, -0.2) is 23.2 Å². The number of thioether (sulfide) groups is 1. The van der Waals surface area contributed by atoms with Crippen LogP contribution < -0.4 is 15.4 Å². The van der Waals surface area contributed by atoms with Gasteiger partial charge in [-0.2, -0.15) is 0 Å². The summed E-state index contributed by atoms with van der Waals surface area (Å²) in [5.74, 6) is 0.455. The summed E-state index contributed by atoms with van der Waals surface area (Å²) in [5, 5.41) is 5.79. The molecule has 0 saturated heterocycles. The van der Waals surface area contributed by atoms with Gasteiger partial charge in [0.1, 0.15) is 5.75 Å². The highest BCUT2D eigenvalue weighted by atomic mass is 35.5. The van der Waals surface area contributed by atoms with E-state index in [2.05, 4.69) is 10.6 Å². The summed E-state index contributed by atoms with van der Waals surface area (Å²) in [5.41, 5.74) is 1.66. The van der Waals surface area contributed by atoms with E-state index < -0.39 is 5.25 Å². The summed E-state index contributed by atoms with van der Waals surface area (Å²) in [7, 11) is 0. The lowest BCUT2D eigenvalue weighted by Crippen LogP contribution is -2.34. The standard InChI is InChI=1S/C20H21ClN2O3S/c1-12(2)26-15-6-3-13(4-7-15)11-22-19(24)10-18-20(25)23-16-9-14(21)5-8-17(16)27-18/h3-9,12,18H,10-11H2,1-2H3,(H,22,24)(H,23,25). The molecular weight excluding hydrogens is 384 g/mol. The molecule has 2 amide bonds. The number of benzene rings is 2. The molecule has 7 heteroatoms. The zero-order valence-corrected chi connectivity index (χ0v) is 16.7. The van der Waals surface area contributed by atoms with Gasteiger partial charge in [0.25, 0.3) is 0 Å². The fraction of sp³-hybridized carbons (Fsp3) is 0.300. The van der Waals surface area contributed by atoms with Gasteiger partial charge < -0.3 is 15.4 Å². The van der Waals surface area contributed by atoms with Crippen molar-refractivity contribution in [2.24, 2.45) is 0 Å². The smallest absolute Gasteiger partial charge is 0.238 e. The predicted molar refractivity (Wildman–Crippen MR) is 108 cm³/mol. The van der Waals surface area contributed by atoms with Crippen molar-refractivity contribution < 1.29 is 14.3 Å². The van der Waals surface area contributed by atoms with Crippen LogP contribution >= 0.6 is 23.4 Å². The van der Waals surface area contributed by atoms with Gasteiger partial charge in [0, 0.05) is 22.9 Å². The van der Waals surface area contributed by atoms with Gasteiger partial charge in [-0.1, -0.05) is 23.7 Å². The Morgan fingerprint density at radius 3 is 2.70 bits per heavy atom. The third kappa shape index (κ3) is 5.40. The van der Waals surface area contributed by atoms with Crippen molar-refractivity contribution in [3.05, 3.63) is 53.1 Å². The molecule has 5 nitrogen and oxygen atoms in total. The molecule has 0 bridgehead atoms. The van der Waals surface area contributed by atoms with Crippen molar-refractivity contribution >= 4 is 40.9 Å². The molecular formula is C20H21ClN2O3S. The van der Waals surface area contributed by atoms with E-state index in [1.165, 1.54) is 11.8 Å². The fourth-order valence-corrected chi connectivity index (χ4v) is 3.92. The lowest BCUT2D eigenvalue weighted by Gasteiger charge is -2.23.